The molecule has 2 aromatic rings. The molecule has 1 aromatic heterocycles. The Morgan fingerprint density at radius 2 is 1.74 bits per heavy atom. The Labute approximate surface area is 145 Å². The highest BCUT2D eigenvalue weighted by atomic mass is 79.9. The van der Waals surface area contributed by atoms with Gasteiger partial charge in [-0.1, -0.05) is 28.1 Å². The second-order valence-electron chi connectivity index (χ2n) is 6.76. The molecular weight excluding hydrogens is 352 g/mol. The molecule has 0 radical (unpaired) electrons. The van der Waals surface area contributed by atoms with Crippen molar-refractivity contribution < 1.29 is 0 Å². The highest BCUT2D eigenvalue weighted by molar-refractivity contribution is 9.10. The first-order chi connectivity index (χ1) is 11.2. The van der Waals surface area contributed by atoms with Crippen molar-refractivity contribution in [3.05, 3.63) is 52.4 Å². The molecule has 0 saturated carbocycles. The predicted molar refractivity (Wildman–Crippen MR) is 95.4 cm³/mol. The van der Waals surface area contributed by atoms with Gasteiger partial charge in [0.2, 0.25) is 0 Å². The second kappa shape index (κ2) is 6.21. The van der Waals surface area contributed by atoms with Crippen molar-refractivity contribution in [3.63, 3.8) is 0 Å². The van der Waals surface area contributed by atoms with Crippen LogP contribution < -0.4 is 4.90 Å². The average molecular weight is 373 g/mol. The monoisotopic (exact) mass is 372 g/mol. The van der Waals surface area contributed by atoms with E-state index in [9.17, 15) is 0 Å². The normalized spacial score (nSPS) is 24.2. The van der Waals surface area contributed by atoms with E-state index in [4.69, 9.17) is 0 Å². The fraction of sp³-hybridized carbons (Fsp3) is 0.444. The highest BCUT2D eigenvalue weighted by Gasteiger charge is 2.40. The lowest BCUT2D eigenvalue weighted by atomic mass is 10.0. The number of benzene rings is 1. The Morgan fingerprint density at radius 1 is 1.04 bits per heavy atom. The quantitative estimate of drug-likeness (QED) is 0.828. The molecule has 2 saturated heterocycles. The summed E-state index contributed by atoms with van der Waals surface area (Å²) in [4.78, 5) is 13.7. The van der Waals surface area contributed by atoms with Crippen LogP contribution >= 0.6 is 15.9 Å². The number of rotatable bonds is 3. The minimum Gasteiger partial charge on any atom is -0.356 e. The maximum absolute atomic E-state index is 4.44. The first kappa shape index (κ1) is 15.1. The largest absolute Gasteiger partial charge is 0.356 e. The van der Waals surface area contributed by atoms with Crippen molar-refractivity contribution in [2.45, 2.75) is 13.5 Å². The molecule has 3 heterocycles. The Bertz CT molecular complexity index is 674. The number of aromatic nitrogens is 2. The van der Waals surface area contributed by atoms with Crippen LogP contribution in [0.15, 0.2) is 41.1 Å². The van der Waals surface area contributed by atoms with Crippen LogP contribution in [0.2, 0.25) is 0 Å². The topological polar surface area (TPSA) is 32.3 Å². The maximum atomic E-state index is 4.44. The molecule has 0 spiro atoms. The maximum Gasteiger partial charge on any atom is 0.132 e. The van der Waals surface area contributed by atoms with Crippen LogP contribution in [0.5, 0.6) is 0 Å². The van der Waals surface area contributed by atoms with Crippen LogP contribution in [0, 0.1) is 18.8 Å². The van der Waals surface area contributed by atoms with Gasteiger partial charge in [0.05, 0.1) is 0 Å². The smallest absolute Gasteiger partial charge is 0.132 e. The van der Waals surface area contributed by atoms with Gasteiger partial charge in [-0.05, 0) is 36.5 Å². The number of hydrogen-bond donors (Lipinski definition) is 0. The average Bonchev–Trinajstić information content (AvgIpc) is 3.08. The van der Waals surface area contributed by atoms with Crippen LogP contribution in [0.4, 0.5) is 5.82 Å². The summed E-state index contributed by atoms with van der Waals surface area (Å²) in [5.41, 5.74) is 2.44. The van der Waals surface area contributed by atoms with Gasteiger partial charge in [-0.25, -0.2) is 9.97 Å². The molecule has 0 bridgehead atoms. The van der Waals surface area contributed by atoms with Crippen molar-refractivity contribution in [1.82, 2.24) is 14.9 Å². The first-order valence-electron chi connectivity index (χ1n) is 8.18. The molecule has 4 nitrogen and oxygen atoms in total. The van der Waals surface area contributed by atoms with E-state index in [0.717, 1.165) is 47.5 Å². The Balaban J connectivity index is 1.37. The van der Waals surface area contributed by atoms with Gasteiger partial charge in [-0.3, -0.25) is 4.90 Å². The molecule has 0 N–H and O–H groups in total. The van der Waals surface area contributed by atoms with Gasteiger partial charge in [0.15, 0.2) is 0 Å². The first-order valence-corrected chi connectivity index (χ1v) is 8.97. The van der Waals surface area contributed by atoms with Gasteiger partial charge in [0, 0.05) is 49.0 Å². The SMILES string of the molecule is Cc1cc(N2CC3CN(Cc4ccc(Br)cc4)CC3C2)ncn1. The lowest BCUT2D eigenvalue weighted by Gasteiger charge is -2.22. The molecule has 2 aliphatic heterocycles. The third kappa shape index (κ3) is 3.26. The van der Waals surface area contributed by atoms with Crippen molar-refractivity contribution in [2.75, 3.05) is 31.1 Å². The number of fused-ring (bicyclic) bond motifs is 1. The number of halogens is 1. The molecule has 1 aromatic carbocycles. The third-order valence-corrected chi connectivity index (χ3v) is 5.52. The van der Waals surface area contributed by atoms with Crippen LogP contribution in [0.25, 0.3) is 0 Å². The standard InChI is InChI=1S/C18H21BrN4/c1-13-6-18(21-12-20-13)23-10-15-8-22(9-16(15)11-23)7-14-2-4-17(19)5-3-14/h2-6,12,15-16H,7-11H2,1H3. The van der Waals surface area contributed by atoms with E-state index in [1.54, 1.807) is 6.33 Å². The van der Waals surface area contributed by atoms with Crippen LogP contribution in [-0.2, 0) is 6.54 Å². The Hall–Kier alpha value is -1.46. The van der Waals surface area contributed by atoms with E-state index < -0.39 is 0 Å². The second-order valence-corrected chi connectivity index (χ2v) is 7.68. The van der Waals surface area contributed by atoms with Gasteiger partial charge in [0.25, 0.3) is 0 Å². The van der Waals surface area contributed by atoms with Gasteiger partial charge in [-0.15, -0.1) is 0 Å². The van der Waals surface area contributed by atoms with Gasteiger partial charge < -0.3 is 4.90 Å². The number of anilines is 1. The fourth-order valence-corrected chi connectivity index (χ4v) is 4.13. The van der Waals surface area contributed by atoms with E-state index in [1.165, 1.54) is 18.7 Å². The van der Waals surface area contributed by atoms with Crippen LogP contribution in [-0.4, -0.2) is 41.0 Å². The fourth-order valence-electron chi connectivity index (χ4n) is 3.87. The number of hydrogen-bond acceptors (Lipinski definition) is 4. The summed E-state index contributed by atoms with van der Waals surface area (Å²) in [7, 11) is 0. The van der Waals surface area contributed by atoms with E-state index in [1.807, 2.05) is 6.92 Å². The molecule has 4 rings (SSSR count). The molecule has 2 unspecified atom stereocenters. The van der Waals surface area contributed by atoms with Crippen molar-refractivity contribution in [1.29, 1.82) is 0 Å². The Kier molecular flexibility index (Phi) is 4.07. The molecular formula is C18H21BrN4. The third-order valence-electron chi connectivity index (χ3n) is 4.99. The summed E-state index contributed by atoms with van der Waals surface area (Å²) >= 11 is 3.50. The van der Waals surface area contributed by atoms with Crippen molar-refractivity contribution >= 4 is 21.7 Å². The van der Waals surface area contributed by atoms with Crippen molar-refractivity contribution in [3.8, 4) is 0 Å². The van der Waals surface area contributed by atoms with E-state index in [0.29, 0.717) is 0 Å². The summed E-state index contributed by atoms with van der Waals surface area (Å²) in [5.74, 6) is 2.62. The Morgan fingerprint density at radius 3 is 2.39 bits per heavy atom. The molecule has 23 heavy (non-hydrogen) atoms. The van der Waals surface area contributed by atoms with Gasteiger partial charge >= 0.3 is 0 Å². The minimum atomic E-state index is 0.765. The number of aryl methyl sites for hydroxylation is 1. The van der Waals surface area contributed by atoms with Gasteiger partial charge in [0.1, 0.15) is 12.1 Å². The van der Waals surface area contributed by atoms with Crippen LogP contribution in [0.1, 0.15) is 11.3 Å². The zero-order chi connectivity index (χ0) is 15.8. The lowest BCUT2D eigenvalue weighted by Crippen LogP contribution is -2.29. The zero-order valence-corrected chi connectivity index (χ0v) is 14.9. The summed E-state index contributed by atoms with van der Waals surface area (Å²) in [6, 6.07) is 10.8. The van der Waals surface area contributed by atoms with E-state index >= 15 is 0 Å². The van der Waals surface area contributed by atoms with E-state index in [2.05, 4.69) is 66.0 Å². The molecule has 0 amide bonds. The molecule has 120 valence electrons. The summed E-state index contributed by atoms with van der Waals surface area (Å²) in [6.45, 7) is 7.73. The summed E-state index contributed by atoms with van der Waals surface area (Å²) in [6.07, 6.45) is 1.68. The molecule has 5 heteroatoms. The molecule has 2 atom stereocenters. The zero-order valence-electron chi connectivity index (χ0n) is 13.3. The van der Waals surface area contributed by atoms with Crippen molar-refractivity contribution in [2.24, 2.45) is 11.8 Å². The molecule has 2 fully saturated rings. The molecule has 0 aliphatic carbocycles. The minimum absolute atomic E-state index is 0.765. The number of nitrogens with zero attached hydrogens (tertiary/aromatic N) is 4. The molecule has 2 aliphatic rings. The predicted octanol–water partition coefficient (Wildman–Crippen LogP) is 3.12. The number of likely N-dealkylation sites (tertiary alicyclic amines) is 1. The summed E-state index contributed by atoms with van der Waals surface area (Å²) in [5, 5.41) is 0. The van der Waals surface area contributed by atoms with Crippen LogP contribution in [0.3, 0.4) is 0 Å². The van der Waals surface area contributed by atoms with E-state index in [-0.39, 0.29) is 0 Å². The lowest BCUT2D eigenvalue weighted by molar-refractivity contribution is 0.309. The van der Waals surface area contributed by atoms with Gasteiger partial charge in [-0.2, -0.15) is 0 Å². The highest BCUT2D eigenvalue weighted by Crippen LogP contribution is 2.34. The summed E-state index contributed by atoms with van der Waals surface area (Å²) < 4.78 is 1.15.